The number of amides is 1. The molecular weight excluding hydrogens is 361 g/mol. The van der Waals surface area contributed by atoms with Gasteiger partial charge in [-0.05, 0) is 30.2 Å². The Hall–Kier alpha value is -1.95. The van der Waals surface area contributed by atoms with Gasteiger partial charge in [-0.3, -0.25) is 4.79 Å². The number of benzene rings is 2. The lowest BCUT2D eigenvalue weighted by Crippen LogP contribution is -2.37. The molecule has 0 aliphatic carbocycles. The summed E-state index contributed by atoms with van der Waals surface area (Å²) in [4.78, 5) is 14.4. The number of nitrogens with one attached hydrogen (secondary N) is 1. The van der Waals surface area contributed by atoms with Crippen molar-refractivity contribution in [1.29, 1.82) is 0 Å². The maximum atomic E-state index is 12.3. The second-order valence-electron chi connectivity index (χ2n) is 5.74. The molecule has 3 N–H and O–H groups in total. The molecule has 1 atom stereocenters. The first kappa shape index (κ1) is 21.1. The second-order valence-corrected chi connectivity index (χ2v) is 5.74. The van der Waals surface area contributed by atoms with Gasteiger partial charge in [-0.25, -0.2) is 0 Å². The first-order chi connectivity index (χ1) is 11.1. The van der Waals surface area contributed by atoms with E-state index in [2.05, 4.69) is 10.2 Å². The Labute approximate surface area is 160 Å². The molecule has 0 radical (unpaired) electrons. The van der Waals surface area contributed by atoms with Crippen molar-refractivity contribution in [1.82, 2.24) is 0 Å². The number of hydrogen-bond donors (Lipinski definition) is 2. The number of nitrogens with zero attached hydrogens (tertiary/aromatic N) is 1. The van der Waals surface area contributed by atoms with Crippen molar-refractivity contribution < 1.29 is 9.53 Å². The van der Waals surface area contributed by atoms with E-state index in [1.54, 1.807) is 0 Å². The van der Waals surface area contributed by atoms with E-state index in [9.17, 15) is 4.79 Å². The molecule has 0 bridgehead atoms. The van der Waals surface area contributed by atoms with Crippen LogP contribution in [0.15, 0.2) is 48.5 Å². The summed E-state index contributed by atoms with van der Waals surface area (Å²) in [5.41, 5.74) is 8.77. The van der Waals surface area contributed by atoms with Crippen molar-refractivity contribution in [2.75, 3.05) is 30.4 Å². The summed E-state index contributed by atoms with van der Waals surface area (Å²) in [6.07, 6.45) is 0.515. The molecule has 0 aromatic heterocycles. The normalized spacial score (nSPS) is 13.4. The topological polar surface area (TPSA) is 67.6 Å². The van der Waals surface area contributed by atoms with Gasteiger partial charge in [0.25, 0.3) is 0 Å². The van der Waals surface area contributed by atoms with E-state index in [0.717, 1.165) is 29.2 Å². The van der Waals surface area contributed by atoms with Crippen LogP contribution in [0.2, 0.25) is 0 Å². The Morgan fingerprint density at radius 2 is 1.96 bits per heavy atom. The van der Waals surface area contributed by atoms with E-state index in [1.165, 1.54) is 0 Å². The van der Waals surface area contributed by atoms with Crippen LogP contribution in [0, 0.1) is 0 Å². The highest BCUT2D eigenvalue weighted by Gasteiger charge is 2.18. The van der Waals surface area contributed by atoms with Crippen LogP contribution < -0.4 is 20.7 Å². The van der Waals surface area contributed by atoms with Gasteiger partial charge in [0, 0.05) is 12.7 Å². The minimum atomic E-state index is -0.581. The third kappa shape index (κ3) is 5.26. The Morgan fingerprint density at radius 3 is 2.68 bits per heavy atom. The number of fused-ring (bicyclic) bond motifs is 1. The number of hydrogen-bond acceptors (Lipinski definition) is 4. The molecule has 2 aromatic rings. The molecule has 1 amide bonds. The highest BCUT2D eigenvalue weighted by molar-refractivity contribution is 5.95. The van der Waals surface area contributed by atoms with E-state index in [0.29, 0.717) is 13.0 Å². The number of carbonyl (C=O) groups excluding carboxylic acids is 1. The lowest BCUT2D eigenvalue weighted by Gasteiger charge is -2.28. The van der Waals surface area contributed by atoms with Crippen molar-refractivity contribution in [3.8, 4) is 5.75 Å². The summed E-state index contributed by atoms with van der Waals surface area (Å²) >= 11 is 0. The molecule has 3 rings (SSSR count). The van der Waals surface area contributed by atoms with Gasteiger partial charge < -0.3 is 20.7 Å². The molecule has 136 valence electrons. The quantitative estimate of drug-likeness (QED) is 0.851. The lowest BCUT2D eigenvalue weighted by molar-refractivity contribution is -0.117. The Kier molecular flexibility index (Phi) is 8.03. The van der Waals surface area contributed by atoms with Crippen LogP contribution in [0.4, 0.5) is 11.4 Å². The summed E-state index contributed by atoms with van der Waals surface area (Å²) in [6.45, 7) is 1.51. The van der Waals surface area contributed by atoms with E-state index in [4.69, 9.17) is 10.5 Å². The van der Waals surface area contributed by atoms with Crippen LogP contribution in [0.5, 0.6) is 5.75 Å². The molecule has 7 heteroatoms. The summed E-state index contributed by atoms with van der Waals surface area (Å²) in [5.74, 6) is 0.651. The van der Waals surface area contributed by atoms with E-state index in [1.807, 2.05) is 55.6 Å². The molecule has 0 spiro atoms. The maximum Gasteiger partial charge on any atom is 0.241 e. The molecule has 25 heavy (non-hydrogen) atoms. The largest absolute Gasteiger partial charge is 0.490 e. The zero-order chi connectivity index (χ0) is 16.2. The average Bonchev–Trinajstić information content (AvgIpc) is 2.56. The fraction of sp³-hybridized carbons (Fsp3) is 0.278. The first-order valence-electron chi connectivity index (χ1n) is 7.72. The number of ether oxygens (including phenoxy) is 1. The van der Waals surface area contributed by atoms with Gasteiger partial charge in [0.2, 0.25) is 5.91 Å². The molecule has 1 aliphatic heterocycles. The fourth-order valence-corrected chi connectivity index (χ4v) is 2.62. The molecule has 0 saturated heterocycles. The number of anilines is 2. The Morgan fingerprint density at radius 1 is 1.24 bits per heavy atom. The van der Waals surface area contributed by atoms with Crippen molar-refractivity contribution in [3.05, 3.63) is 54.1 Å². The van der Waals surface area contributed by atoms with Gasteiger partial charge in [0.05, 0.1) is 18.3 Å². The molecule has 1 unspecified atom stereocenters. The van der Waals surface area contributed by atoms with Gasteiger partial charge in [0.1, 0.15) is 12.4 Å². The highest BCUT2D eigenvalue weighted by Crippen LogP contribution is 2.33. The number of likely N-dealkylation sites (N-methyl/N-ethyl adjacent to an activating group) is 1. The molecule has 0 saturated carbocycles. The lowest BCUT2D eigenvalue weighted by atomic mass is 10.1. The summed E-state index contributed by atoms with van der Waals surface area (Å²) in [5, 5.41) is 2.89. The van der Waals surface area contributed by atoms with Gasteiger partial charge in [-0.2, -0.15) is 0 Å². The Bertz CT molecular complexity index is 698. The minimum absolute atomic E-state index is 0. The van der Waals surface area contributed by atoms with E-state index in [-0.39, 0.29) is 30.7 Å². The van der Waals surface area contributed by atoms with Crippen LogP contribution in [0.1, 0.15) is 5.56 Å². The van der Waals surface area contributed by atoms with E-state index >= 15 is 0 Å². The third-order valence-corrected chi connectivity index (χ3v) is 3.96. The summed E-state index contributed by atoms with van der Waals surface area (Å²) in [6, 6.07) is 14.8. The standard InChI is InChI=1S/C18H21N3O2.2ClH/c1-21-9-10-23-17-8-7-14(12-16(17)21)20-18(22)15(19)11-13-5-3-2-4-6-13;;/h2-8,12,15H,9-11,19H2,1H3,(H,20,22);2*1H. The third-order valence-electron chi connectivity index (χ3n) is 3.96. The molecule has 1 heterocycles. The SMILES string of the molecule is CN1CCOc2ccc(NC(=O)C(N)Cc3ccccc3)cc21.Cl.Cl. The first-order valence-corrected chi connectivity index (χ1v) is 7.72. The van der Waals surface area contributed by atoms with Crippen molar-refractivity contribution >= 4 is 42.1 Å². The molecule has 2 aromatic carbocycles. The maximum absolute atomic E-state index is 12.3. The summed E-state index contributed by atoms with van der Waals surface area (Å²) < 4.78 is 5.60. The highest BCUT2D eigenvalue weighted by atomic mass is 35.5. The summed E-state index contributed by atoms with van der Waals surface area (Å²) in [7, 11) is 2.01. The van der Waals surface area contributed by atoms with Gasteiger partial charge in [-0.1, -0.05) is 30.3 Å². The zero-order valence-electron chi connectivity index (χ0n) is 14.0. The fourth-order valence-electron chi connectivity index (χ4n) is 2.62. The van der Waals surface area contributed by atoms with Crippen molar-refractivity contribution in [2.24, 2.45) is 5.73 Å². The average molecular weight is 384 g/mol. The monoisotopic (exact) mass is 383 g/mol. The zero-order valence-corrected chi connectivity index (χ0v) is 15.6. The van der Waals surface area contributed by atoms with Crippen LogP contribution in [0.25, 0.3) is 0 Å². The predicted octanol–water partition coefficient (Wildman–Crippen LogP) is 2.87. The van der Waals surface area contributed by atoms with Gasteiger partial charge in [-0.15, -0.1) is 24.8 Å². The van der Waals surface area contributed by atoms with Crippen LogP contribution >= 0.6 is 24.8 Å². The molecule has 0 fully saturated rings. The molecule has 5 nitrogen and oxygen atoms in total. The number of carbonyl (C=O) groups is 1. The molecular formula is C18H23Cl2N3O2. The molecule has 1 aliphatic rings. The minimum Gasteiger partial charge on any atom is -0.490 e. The van der Waals surface area contributed by atoms with Gasteiger partial charge >= 0.3 is 0 Å². The number of halogens is 2. The van der Waals surface area contributed by atoms with Crippen molar-refractivity contribution in [3.63, 3.8) is 0 Å². The van der Waals surface area contributed by atoms with E-state index < -0.39 is 6.04 Å². The van der Waals surface area contributed by atoms with Crippen LogP contribution in [0.3, 0.4) is 0 Å². The number of rotatable bonds is 4. The van der Waals surface area contributed by atoms with Crippen LogP contribution in [-0.2, 0) is 11.2 Å². The van der Waals surface area contributed by atoms with Gasteiger partial charge in [0.15, 0.2) is 0 Å². The van der Waals surface area contributed by atoms with Crippen LogP contribution in [-0.4, -0.2) is 32.1 Å². The Balaban J connectivity index is 0.00000156. The number of nitrogens with two attached hydrogens (primary N) is 1. The van der Waals surface area contributed by atoms with Crippen molar-refractivity contribution in [2.45, 2.75) is 12.5 Å². The smallest absolute Gasteiger partial charge is 0.241 e. The predicted molar refractivity (Wildman–Crippen MR) is 106 cm³/mol. The second kappa shape index (κ2) is 9.51.